The highest BCUT2D eigenvalue weighted by atomic mass is 16.5. The Labute approximate surface area is 160 Å². The van der Waals surface area contributed by atoms with Crippen LogP contribution in [-0.2, 0) is 6.54 Å². The third-order valence-corrected chi connectivity index (χ3v) is 5.73. The molecule has 1 amide bonds. The molecular formula is C21H26N4O2. The predicted octanol–water partition coefficient (Wildman–Crippen LogP) is 2.72. The van der Waals surface area contributed by atoms with Crippen molar-refractivity contribution >= 4 is 5.91 Å². The van der Waals surface area contributed by atoms with E-state index in [4.69, 9.17) is 4.74 Å². The van der Waals surface area contributed by atoms with Crippen LogP contribution in [0.25, 0.3) is 0 Å². The molecule has 1 spiro atoms. The van der Waals surface area contributed by atoms with Gasteiger partial charge in [0.1, 0.15) is 17.0 Å². The molecular weight excluding hydrogens is 340 g/mol. The van der Waals surface area contributed by atoms with Crippen molar-refractivity contribution < 1.29 is 9.53 Å². The number of ether oxygens (including phenoxy) is 1. The summed E-state index contributed by atoms with van der Waals surface area (Å²) in [5, 5.41) is 3.37. The molecule has 0 radical (unpaired) electrons. The van der Waals surface area contributed by atoms with Gasteiger partial charge in [-0.25, -0.2) is 4.98 Å². The zero-order valence-corrected chi connectivity index (χ0v) is 15.9. The van der Waals surface area contributed by atoms with Crippen LogP contribution in [-0.4, -0.2) is 46.0 Å². The first-order valence-corrected chi connectivity index (χ1v) is 9.61. The van der Waals surface area contributed by atoms with Crippen molar-refractivity contribution in [2.24, 2.45) is 0 Å². The molecule has 142 valence electrons. The summed E-state index contributed by atoms with van der Waals surface area (Å²) in [5.74, 6) is 0.809. The van der Waals surface area contributed by atoms with Crippen molar-refractivity contribution in [3.8, 4) is 5.75 Å². The van der Waals surface area contributed by atoms with Crippen molar-refractivity contribution in [3.63, 3.8) is 0 Å². The average Bonchev–Trinajstić information content (AvgIpc) is 2.85. The molecule has 2 aliphatic rings. The monoisotopic (exact) mass is 366 g/mol. The van der Waals surface area contributed by atoms with Crippen LogP contribution in [0.4, 0.5) is 0 Å². The van der Waals surface area contributed by atoms with Gasteiger partial charge in [0, 0.05) is 24.3 Å². The topological polar surface area (TPSA) is 67.4 Å². The number of nitrogens with one attached hydrogen (secondary N) is 1. The van der Waals surface area contributed by atoms with Gasteiger partial charge in [-0.15, -0.1) is 0 Å². The summed E-state index contributed by atoms with van der Waals surface area (Å²) < 4.78 is 6.56. The van der Waals surface area contributed by atoms with Crippen molar-refractivity contribution in [3.05, 3.63) is 53.6 Å². The Bertz CT molecular complexity index is 813. The van der Waals surface area contributed by atoms with Gasteiger partial charge in [-0.05, 0) is 45.7 Å². The summed E-state index contributed by atoms with van der Waals surface area (Å²) in [4.78, 5) is 23.6. The van der Waals surface area contributed by atoms with E-state index in [0.717, 1.165) is 42.7 Å². The van der Waals surface area contributed by atoms with Gasteiger partial charge in [-0.2, -0.15) is 0 Å². The van der Waals surface area contributed by atoms with Crippen LogP contribution in [0.3, 0.4) is 0 Å². The lowest BCUT2D eigenvalue weighted by Crippen LogP contribution is -2.51. The third-order valence-electron chi connectivity index (χ3n) is 5.73. The van der Waals surface area contributed by atoms with E-state index in [0.29, 0.717) is 24.8 Å². The Hall–Kier alpha value is -2.47. The highest BCUT2D eigenvalue weighted by Gasteiger charge is 2.42. The molecule has 2 heterocycles. The number of hydrogen-bond acceptors (Lipinski definition) is 5. The van der Waals surface area contributed by atoms with E-state index >= 15 is 0 Å². The van der Waals surface area contributed by atoms with Crippen molar-refractivity contribution in [1.82, 2.24) is 20.2 Å². The van der Waals surface area contributed by atoms with E-state index in [2.05, 4.69) is 15.3 Å². The SMILES string of the molecule is CNC1CCC2(CC1)CN(C(=O)c1cnc(C)cn1)Cc1ccccc1O2. The minimum atomic E-state index is -0.340. The van der Waals surface area contributed by atoms with Crippen LogP contribution in [0.5, 0.6) is 5.75 Å². The maximum Gasteiger partial charge on any atom is 0.274 e. The third kappa shape index (κ3) is 3.67. The van der Waals surface area contributed by atoms with Gasteiger partial charge in [0.25, 0.3) is 5.91 Å². The number of para-hydroxylation sites is 1. The highest BCUT2D eigenvalue weighted by molar-refractivity contribution is 5.92. The molecule has 1 fully saturated rings. The van der Waals surface area contributed by atoms with E-state index in [1.54, 1.807) is 12.4 Å². The van der Waals surface area contributed by atoms with E-state index in [9.17, 15) is 4.79 Å². The number of hydrogen-bond donors (Lipinski definition) is 1. The number of amides is 1. The molecule has 6 heteroatoms. The molecule has 1 aliphatic heterocycles. The van der Waals surface area contributed by atoms with E-state index in [1.165, 1.54) is 0 Å². The predicted molar refractivity (Wildman–Crippen MR) is 103 cm³/mol. The van der Waals surface area contributed by atoms with Crippen LogP contribution < -0.4 is 10.1 Å². The van der Waals surface area contributed by atoms with Gasteiger partial charge in [0.05, 0.1) is 18.4 Å². The lowest BCUT2D eigenvalue weighted by molar-refractivity contribution is 0.000265. The number of carbonyl (C=O) groups is 1. The standard InChI is InChI=1S/C21H26N4O2/c1-15-11-24-18(12-23-15)20(26)25-13-16-5-3-4-6-19(16)27-21(14-25)9-7-17(22-2)8-10-21/h3-6,11-12,17,22H,7-10,13-14H2,1-2H3. The number of benzene rings is 1. The van der Waals surface area contributed by atoms with Crippen LogP contribution in [0.2, 0.25) is 0 Å². The minimum absolute atomic E-state index is 0.0853. The molecule has 1 saturated carbocycles. The molecule has 0 saturated heterocycles. The largest absolute Gasteiger partial charge is 0.485 e. The highest BCUT2D eigenvalue weighted by Crippen LogP contribution is 2.38. The van der Waals surface area contributed by atoms with Gasteiger partial charge < -0.3 is 15.0 Å². The second-order valence-corrected chi connectivity index (χ2v) is 7.66. The van der Waals surface area contributed by atoms with Crippen molar-refractivity contribution in [1.29, 1.82) is 0 Å². The lowest BCUT2D eigenvalue weighted by Gasteiger charge is -2.41. The summed E-state index contributed by atoms with van der Waals surface area (Å²) in [7, 11) is 2.01. The summed E-state index contributed by atoms with van der Waals surface area (Å²) in [6.07, 6.45) is 7.16. The molecule has 6 nitrogen and oxygen atoms in total. The Balaban J connectivity index is 1.65. The number of rotatable bonds is 2. The first kappa shape index (κ1) is 17.9. The fourth-order valence-electron chi connectivity index (χ4n) is 4.11. The summed E-state index contributed by atoms with van der Waals surface area (Å²) in [5.41, 5.74) is 1.89. The quantitative estimate of drug-likeness (QED) is 0.885. The molecule has 1 aromatic heterocycles. The fraction of sp³-hybridized carbons (Fsp3) is 0.476. The summed E-state index contributed by atoms with van der Waals surface area (Å²) in [6, 6.07) is 8.56. The van der Waals surface area contributed by atoms with Crippen LogP contribution in [0, 0.1) is 6.92 Å². The maximum atomic E-state index is 13.2. The Morgan fingerprint density at radius 1 is 1.22 bits per heavy atom. The number of nitrogens with zero attached hydrogens (tertiary/aromatic N) is 3. The first-order valence-electron chi connectivity index (χ1n) is 9.61. The van der Waals surface area contributed by atoms with Crippen LogP contribution in [0.1, 0.15) is 47.4 Å². The molecule has 4 rings (SSSR count). The number of carbonyl (C=O) groups excluding carboxylic acids is 1. The Morgan fingerprint density at radius 3 is 2.70 bits per heavy atom. The fourth-order valence-corrected chi connectivity index (χ4v) is 4.11. The molecule has 0 atom stereocenters. The zero-order chi connectivity index (χ0) is 18.9. The van der Waals surface area contributed by atoms with Gasteiger partial charge in [0.15, 0.2) is 0 Å². The first-order chi connectivity index (χ1) is 13.1. The lowest BCUT2D eigenvalue weighted by atomic mass is 9.81. The molecule has 1 aliphatic carbocycles. The molecule has 0 bridgehead atoms. The second kappa shape index (κ2) is 7.27. The minimum Gasteiger partial charge on any atom is -0.485 e. The smallest absolute Gasteiger partial charge is 0.274 e. The molecule has 0 unspecified atom stereocenters. The molecule has 1 N–H and O–H groups in total. The molecule has 27 heavy (non-hydrogen) atoms. The van der Waals surface area contributed by atoms with E-state index in [1.807, 2.05) is 43.1 Å². The maximum absolute atomic E-state index is 13.2. The van der Waals surface area contributed by atoms with Crippen LogP contribution >= 0.6 is 0 Å². The molecule has 2 aromatic rings. The van der Waals surface area contributed by atoms with Gasteiger partial charge in [-0.3, -0.25) is 9.78 Å². The van der Waals surface area contributed by atoms with E-state index < -0.39 is 0 Å². The summed E-state index contributed by atoms with van der Waals surface area (Å²) in [6.45, 7) is 2.97. The van der Waals surface area contributed by atoms with Gasteiger partial charge in [-0.1, -0.05) is 18.2 Å². The van der Waals surface area contributed by atoms with Crippen molar-refractivity contribution in [2.75, 3.05) is 13.6 Å². The average molecular weight is 366 g/mol. The summed E-state index contributed by atoms with van der Waals surface area (Å²) >= 11 is 0. The Kier molecular flexibility index (Phi) is 4.83. The second-order valence-electron chi connectivity index (χ2n) is 7.66. The zero-order valence-electron chi connectivity index (χ0n) is 15.9. The number of fused-ring (bicyclic) bond motifs is 1. The van der Waals surface area contributed by atoms with Gasteiger partial charge in [0.2, 0.25) is 0 Å². The van der Waals surface area contributed by atoms with Crippen LogP contribution in [0.15, 0.2) is 36.7 Å². The number of aryl methyl sites for hydroxylation is 1. The van der Waals surface area contributed by atoms with Gasteiger partial charge >= 0.3 is 0 Å². The number of aromatic nitrogens is 2. The molecule has 1 aromatic carbocycles. The normalized spacial score (nSPS) is 24.8. The van der Waals surface area contributed by atoms with Crippen molar-refractivity contribution in [2.45, 2.75) is 50.8 Å². The van der Waals surface area contributed by atoms with E-state index in [-0.39, 0.29) is 11.5 Å². The Morgan fingerprint density at radius 2 is 2.00 bits per heavy atom.